The van der Waals surface area contributed by atoms with E-state index in [0.717, 1.165) is 37.7 Å². The van der Waals surface area contributed by atoms with E-state index in [9.17, 15) is 14.0 Å². The summed E-state index contributed by atoms with van der Waals surface area (Å²) in [5.41, 5.74) is 1.28. The van der Waals surface area contributed by atoms with Gasteiger partial charge in [-0.1, -0.05) is 24.6 Å². The molecule has 0 saturated heterocycles. The van der Waals surface area contributed by atoms with E-state index in [2.05, 4.69) is 17.4 Å². The van der Waals surface area contributed by atoms with Crippen molar-refractivity contribution in [1.82, 2.24) is 0 Å². The molecule has 0 unspecified atom stereocenters. The number of ether oxygens (including phenoxy) is 2. The summed E-state index contributed by atoms with van der Waals surface area (Å²) >= 11 is 0. The highest BCUT2D eigenvalue weighted by Crippen LogP contribution is 2.30. The van der Waals surface area contributed by atoms with Gasteiger partial charge in [0.1, 0.15) is 23.9 Å². The molecule has 0 N–H and O–H groups in total. The summed E-state index contributed by atoms with van der Waals surface area (Å²) < 4.78 is 23.8. The lowest BCUT2D eigenvalue weighted by atomic mass is 10.1. The van der Waals surface area contributed by atoms with Gasteiger partial charge in [0, 0.05) is 11.3 Å². The molecule has 5 nitrogen and oxygen atoms in total. The Hall–Kier alpha value is -3.41. The van der Waals surface area contributed by atoms with E-state index >= 15 is 0 Å². The Bertz CT molecular complexity index is 893. The Kier molecular flexibility index (Phi) is 10.0. The molecule has 0 spiro atoms. The summed E-state index contributed by atoms with van der Waals surface area (Å²) in [6.45, 7) is 3.54. The lowest BCUT2D eigenvalue weighted by molar-refractivity contribution is -0.139. The van der Waals surface area contributed by atoms with Crippen molar-refractivity contribution < 1.29 is 23.5 Å². The number of anilines is 1. The van der Waals surface area contributed by atoms with Crippen LogP contribution in [-0.4, -0.2) is 26.0 Å². The van der Waals surface area contributed by atoms with Gasteiger partial charge in [0.25, 0.3) is 0 Å². The van der Waals surface area contributed by atoms with Gasteiger partial charge in [0.15, 0.2) is 0 Å². The van der Waals surface area contributed by atoms with Crippen molar-refractivity contribution in [2.75, 3.05) is 18.6 Å². The van der Waals surface area contributed by atoms with Crippen LogP contribution in [0.1, 0.15) is 37.7 Å². The summed E-state index contributed by atoms with van der Waals surface area (Å²) in [6.07, 6.45) is 11.7. The molecule has 0 aliphatic carbocycles. The molecule has 0 saturated carbocycles. The number of hydrogen-bond donors (Lipinski definition) is 0. The van der Waals surface area contributed by atoms with E-state index < -0.39 is 5.97 Å². The van der Waals surface area contributed by atoms with Crippen LogP contribution >= 0.6 is 0 Å². The highest BCUT2D eigenvalue weighted by molar-refractivity contribution is 5.86. The zero-order valence-corrected chi connectivity index (χ0v) is 17.8. The van der Waals surface area contributed by atoms with Crippen molar-refractivity contribution in [2.24, 2.45) is 0 Å². The van der Waals surface area contributed by atoms with Crippen LogP contribution in [0.5, 0.6) is 11.5 Å². The fourth-order valence-electron chi connectivity index (χ4n) is 2.90. The topological polar surface area (TPSA) is 55.8 Å². The first-order valence-corrected chi connectivity index (χ1v) is 10.2. The molecule has 0 aromatic heterocycles. The molecule has 2 rings (SSSR count). The molecule has 0 aliphatic rings. The van der Waals surface area contributed by atoms with E-state index in [1.54, 1.807) is 30.3 Å². The van der Waals surface area contributed by atoms with E-state index in [1.807, 2.05) is 12.2 Å². The predicted molar refractivity (Wildman–Crippen MR) is 121 cm³/mol. The summed E-state index contributed by atoms with van der Waals surface area (Å²) in [6, 6.07) is 10.9. The fourth-order valence-corrected chi connectivity index (χ4v) is 2.90. The minimum absolute atomic E-state index is 0.190. The Balaban J connectivity index is 2.21. The maximum absolute atomic E-state index is 13.2. The molecular formula is C25H28FNO4. The van der Waals surface area contributed by atoms with Crippen LogP contribution < -0.4 is 9.64 Å². The molecule has 2 aromatic carbocycles. The van der Waals surface area contributed by atoms with Gasteiger partial charge in [-0.25, -0.2) is 4.39 Å². The molecular weight excluding hydrogens is 397 g/mol. The Morgan fingerprint density at radius 1 is 1.10 bits per heavy atom. The quantitative estimate of drug-likeness (QED) is 0.173. The highest BCUT2D eigenvalue weighted by atomic mass is 19.1. The number of unbranched alkanes of at least 4 members (excludes halogenated alkanes) is 4. The smallest absolute Gasteiger partial charge is 0.325 e. The normalized spacial score (nSPS) is 10.6. The maximum atomic E-state index is 13.2. The number of carbonyl (C=O) groups excluding carboxylic acids is 2. The second kappa shape index (κ2) is 13.0. The first-order chi connectivity index (χ1) is 15.1. The molecule has 0 radical (unpaired) electrons. The first-order valence-electron chi connectivity index (χ1n) is 10.2. The minimum Gasteiger partial charge on any atom is -0.468 e. The molecule has 31 heavy (non-hydrogen) atoms. The van der Waals surface area contributed by atoms with E-state index in [-0.39, 0.29) is 12.4 Å². The van der Waals surface area contributed by atoms with Crippen LogP contribution in [0.4, 0.5) is 10.1 Å². The summed E-state index contributed by atoms with van der Waals surface area (Å²) in [7, 11) is 1.27. The highest BCUT2D eigenvalue weighted by Gasteiger charge is 2.13. The van der Waals surface area contributed by atoms with Gasteiger partial charge in [0.05, 0.1) is 7.11 Å². The fraction of sp³-hybridized carbons (Fsp3) is 0.280. The second-order valence-electron chi connectivity index (χ2n) is 6.92. The Morgan fingerprint density at radius 3 is 2.52 bits per heavy atom. The number of rotatable bonds is 13. The van der Waals surface area contributed by atoms with Crippen molar-refractivity contribution in [3.63, 3.8) is 0 Å². The van der Waals surface area contributed by atoms with Crippen LogP contribution in [0.15, 0.2) is 61.2 Å². The molecule has 164 valence electrons. The number of amides is 1. The minimum atomic E-state index is -0.518. The van der Waals surface area contributed by atoms with Gasteiger partial charge in [-0.3, -0.25) is 9.59 Å². The summed E-state index contributed by atoms with van der Waals surface area (Å²) in [5.74, 6) is 0.191. The molecule has 0 atom stereocenters. The lowest BCUT2D eigenvalue weighted by Crippen LogP contribution is -2.29. The van der Waals surface area contributed by atoms with Gasteiger partial charge in [0.2, 0.25) is 6.41 Å². The average molecular weight is 426 g/mol. The third kappa shape index (κ3) is 8.09. The van der Waals surface area contributed by atoms with Gasteiger partial charge < -0.3 is 14.4 Å². The number of hydrogen-bond acceptors (Lipinski definition) is 4. The van der Waals surface area contributed by atoms with Gasteiger partial charge in [-0.05, 0) is 68.1 Å². The van der Waals surface area contributed by atoms with Crippen LogP contribution in [0.25, 0.3) is 6.08 Å². The first kappa shape index (κ1) is 23.9. The Morgan fingerprint density at radius 2 is 1.84 bits per heavy atom. The molecule has 0 bridgehead atoms. The van der Waals surface area contributed by atoms with Crippen LogP contribution in [0.3, 0.4) is 0 Å². The number of esters is 1. The molecule has 1 amide bonds. The van der Waals surface area contributed by atoms with Crippen molar-refractivity contribution >= 4 is 24.1 Å². The van der Waals surface area contributed by atoms with Gasteiger partial charge >= 0.3 is 5.97 Å². The number of nitrogens with zero attached hydrogens (tertiary/aromatic N) is 1. The number of allylic oxidation sites excluding steroid dienone is 2. The third-order valence-electron chi connectivity index (χ3n) is 4.60. The maximum Gasteiger partial charge on any atom is 0.325 e. The van der Waals surface area contributed by atoms with Gasteiger partial charge in [-0.2, -0.15) is 0 Å². The van der Waals surface area contributed by atoms with Crippen molar-refractivity contribution in [3.05, 3.63) is 72.6 Å². The third-order valence-corrected chi connectivity index (χ3v) is 4.60. The van der Waals surface area contributed by atoms with Crippen molar-refractivity contribution in [2.45, 2.75) is 32.1 Å². The van der Waals surface area contributed by atoms with Crippen LogP contribution in [0.2, 0.25) is 0 Å². The van der Waals surface area contributed by atoms with Crippen molar-refractivity contribution in [3.8, 4) is 11.5 Å². The van der Waals surface area contributed by atoms with Crippen LogP contribution in [-0.2, 0) is 14.3 Å². The molecule has 2 aromatic rings. The van der Waals surface area contributed by atoms with E-state index in [4.69, 9.17) is 4.74 Å². The monoisotopic (exact) mass is 425 g/mol. The number of methoxy groups -OCH3 is 1. The molecule has 0 aliphatic heterocycles. The molecule has 6 heteroatoms. The average Bonchev–Trinajstić information content (AvgIpc) is 2.79. The van der Waals surface area contributed by atoms with Gasteiger partial charge in [-0.15, -0.1) is 6.58 Å². The standard InChI is InChI=1S/C25H28FNO4/c1-3-4-5-6-7-8-9-10-20-17-22(27(19-28)18-25(29)30-2)13-16-24(20)31-23-14-11-21(26)12-15-23/h3,9-17,19H,1,4-8,18H2,2H3/b10-9-. The predicted octanol–water partition coefficient (Wildman–Crippen LogP) is 5.90. The number of benzene rings is 2. The van der Waals surface area contributed by atoms with Crippen molar-refractivity contribution in [1.29, 1.82) is 0 Å². The second-order valence-corrected chi connectivity index (χ2v) is 6.92. The number of halogens is 1. The SMILES string of the molecule is C=CCCCCC/C=C\c1cc(N(C=O)CC(=O)OC)ccc1Oc1ccc(F)cc1. The van der Waals surface area contributed by atoms with E-state index in [1.165, 1.54) is 24.1 Å². The lowest BCUT2D eigenvalue weighted by Gasteiger charge is -2.18. The molecule has 0 heterocycles. The number of carbonyl (C=O) groups is 2. The zero-order valence-electron chi connectivity index (χ0n) is 17.8. The summed E-state index contributed by atoms with van der Waals surface area (Å²) in [4.78, 5) is 24.3. The van der Waals surface area contributed by atoms with Crippen LogP contribution in [0, 0.1) is 5.82 Å². The molecule has 0 fully saturated rings. The largest absolute Gasteiger partial charge is 0.468 e. The summed E-state index contributed by atoms with van der Waals surface area (Å²) in [5, 5.41) is 0. The zero-order chi connectivity index (χ0) is 22.5. The van der Waals surface area contributed by atoms with E-state index in [0.29, 0.717) is 23.6 Å². The Labute approximate surface area is 182 Å².